The molecule has 0 saturated carbocycles. The highest BCUT2D eigenvalue weighted by atomic mass is 32.2. The third kappa shape index (κ3) is 3.59. The first-order chi connectivity index (χ1) is 14.9. The highest BCUT2D eigenvalue weighted by molar-refractivity contribution is 7.92. The minimum atomic E-state index is -3.77. The van der Waals surface area contributed by atoms with Gasteiger partial charge in [0.25, 0.3) is 10.0 Å². The Kier molecular flexibility index (Phi) is 5.32. The first kappa shape index (κ1) is 20.7. The minimum absolute atomic E-state index is 0.186. The average Bonchev–Trinajstić information content (AvgIpc) is 3.20. The van der Waals surface area contributed by atoms with E-state index < -0.39 is 10.0 Å². The van der Waals surface area contributed by atoms with E-state index in [0.717, 1.165) is 27.8 Å². The van der Waals surface area contributed by atoms with E-state index in [1.165, 1.54) is 16.4 Å². The number of fused-ring (bicyclic) bond motifs is 1. The van der Waals surface area contributed by atoms with Crippen molar-refractivity contribution in [2.45, 2.75) is 4.90 Å². The topological polar surface area (TPSA) is 73.7 Å². The molecule has 8 heteroatoms. The lowest BCUT2D eigenvalue weighted by atomic mass is 10.0. The van der Waals surface area contributed by atoms with Crippen molar-refractivity contribution in [2.75, 3.05) is 25.6 Å². The lowest BCUT2D eigenvalue weighted by Crippen LogP contribution is -2.27. The van der Waals surface area contributed by atoms with Crippen LogP contribution in [-0.4, -0.2) is 39.5 Å². The second-order valence-electron chi connectivity index (χ2n) is 7.04. The third-order valence-corrected chi connectivity index (χ3v) is 7.12. The Morgan fingerprint density at radius 2 is 1.45 bits per heavy atom. The molecule has 4 rings (SSSR count). The molecule has 7 nitrogen and oxygen atoms in total. The van der Waals surface area contributed by atoms with Crippen molar-refractivity contribution in [2.24, 2.45) is 7.05 Å². The summed E-state index contributed by atoms with van der Waals surface area (Å²) in [6, 6.07) is 17.8. The SMILES string of the molecule is COc1ccc(-c2ccc(N(C)S(=O)(=O)c3ccc(OC)cc3)c3c2cnn3C)cc1. The van der Waals surface area contributed by atoms with E-state index >= 15 is 0 Å². The molecule has 1 aromatic heterocycles. The molecular formula is C23H23N3O4S. The monoisotopic (exact) mass is 437 g/mol. The van der Waals surface area contributed by atoms with Gasteiger partial charge < -0.3 is 9.47 Å². The number of nitrogens with zero attached hydrogens (tertiary/aromatic N) is 3. The maximum Gasteiger partial charge on any atom is 0.264 e. The van der Waals surface area contributed by atoms with E-state index in [0.29, 0.717) is 11.4 Å². The summed E-state index contributed by atoms with van der Waals surface area (Å²) in [6.07, 6.45) is 1.76. The third-order valence-electron chi connectivity index (χ3n) is 5.34. The van der Waals surface area contributed by atoms with Gasteiger partial charge in [-0.05, 0) is 53.6 Å². The molecule has 4 aromatic rings. The molecule has 0 spiro atoms. The van der Waals surface area contributed by atoms with Crippen LogP contribution >= 0.6 is 0 Å². The summed E-state index contributed by atoms with van der Waals surface area (Å²) in [5.41, 5.74) is 3.23. The lowest BCUT2D eigenvalue weighted by Gasteiger charge is -2.21. The lowest BCUT2D eigenvalue weighted by molar-refractivity contribution is 0.414. The molecule has 0 aliphatic carbocycles. The number of anilines is 1. The number of hydrogen-bond donors (Lipinski definition) is 0. The van der Waals surface area contributed by atoms with Crippen molar-refractivity contribution in [3.05, 3.63) is 66.9 Å². The standard InChI is InChI=1S/C23H23N3O4S/c1-25-23-21(15-24-25)20(16-5-7-17(29-3)8-6-16)13-14-22(23)26(2)31(27,28)19-11-9-18(30-4)10-12-19/h5-15H,1-4H3. The number of rotatable bonds is 6. The molecule has 0 atom stereocenters. The molecule has 0 fully saturated rings. The van der Waals surface area contributed by atoms with Gasteiger partial charge in [0.1, 0.15) is 11.5 Å². The number of aryl methyl sites for hydroxylation is 1. The Bertz CT molecular complexity index is 1330. The van der Waals surface area contributed by atoms with Crippen LogP contribution < -0.4 is 13.8 Å². The molecule has 0 unspecified atom stereocenters. The van der Waals surface area contributed by atoms with E-state index in [2.05, 4.69) is 5.10 Å². The van der Waals surface area contributed by atoms with Gasteiger partial charge in [0, 0.05) is 19.5 Å². The zero-order valence-corrected chi connectivity index (χ0v) is 18.6. The quantitative estimate of drug-likeness (QED) is 0.454. The molecule has 0 radical (unpaired) electrons. The molecule has 160 valence electrons. The van der Waals surface area contributed by atoms with Gasteiger partial charge in [-0.3, -0.25) is 8.99 Å². The van der Waals surface area contributed by atoms with Crippen LogP contribution in [0, 0.1) is 0 Å². The predicted molar refractivity (Wildman–Crippen MR) is 121 cm³/mol. The second kappa shape index (κ2) is 7.96. The van der Waals surface area contributed by atoms with Crippen LogP contribution in [0.15, 0.2) is 71.8 Å². The molecule has 3 aromatic carbocycles. The molecule has 0 saturated heterocycles. The van der Waals surface area contributed by atoms with E-state index in [-0.39, 0.29) is 4.90 Å². The minimum Gasteiger partial charge on any atom is -0.497 e. The summed E-state index contributed by atoms with van der Waals surface area (Å²) >= 11 is 0. The van der Waals surface area contributed by atoms with Gasteiger partial charge in [-0.2, -0.15) is 5.10 Å². The highest BCUT2D eigenvalue weighted by Crippen LogP contribution is 2.36. The van der Waals surface area contributed by atoms with Crippen molar-refractivity contribution in [3.8, 4) is 22.6 Å². The number of methoxy groups -OCH3 is 2. The number of sulfonamides is 1. The summed E-state index contributed by atoms with van der Waals surface area (Å²) < 4.78 is 39.9. The fourth-order valence-electron chi connectivity index (χ4n) is 3.58. The van der Waals surface area contributed by atoms with Gasteiger partial charge in [-0.25, -0.2) is 8.42 Å². The molecule has 1 heterocycles. The van der Waals surface area contributed by atoms with Crippen LogP contribution in [0.5, 0.6) is 11.5 Å². The van der Waals surface area contributed by atoms with E-state index in [1.807, 2.05) is 36.4 Å². The Morgan fingerprint density at radius 3 is 2.03 bits per heavy atom. The van der Waals surface area contributed by atoms with Crippen molar-refractivity contribution < 1.29 is 17.9 Å². The molecule has 31 heavy (non-hydrogen) atoms. The van der Waals surface area contributed by atoms with Crippen molar-refractivity contribution in [3.63, 3.8) is 0 Å². The molecule has 0 N–H and O–H groups in total. The molecule has 0 aliphatic heterocycles. The maximum absolute atomic E-state index is 13.3. The van der Waals surface area contributed by atoms with Crippen LogP contribution in [-0.2, 0) is 17.1 Å². The predicted octanol–water partition coefficient (Wildman–Crippen LogP) is 4.08. The number of ether oxygens (including phenoxy) is 2. The maximum atomic E-state index is 13.3. The normalized spacial score (nSPS) is 11.5. The number of hydrogen-bond acceptors (Lipinski definition) is 5. The van der Waals surface area contributed by atoms with Crippen LogP contribution in [0.3, 0.4) is 0 Å². The Morgan fingerprint density at radius 1 is 0.871 bits per heavy atom. The van der Waals surface area contributed by atoms with Crippen LogP contribution in [0.1, 0.15) is 0 Å². The van der Waals surface area contributed by atoms with E-state index in [1.54, 1.807) is 51.3 Å². The Labute approximate surface area is 181 Å². The summed E-state index contributed by atoms with van der Waals surface area (Å²) in [5.74, 6) is 1.37. The van der Waals surface area contributed by atoms with Gasteiger partial charge in [0.15, 0.2) is 0 Å². The average molecular weight is 438 g/mol. The fraction of sp³-hybridized carbons (Fsp3) is 0.174. The molecular weight excluding hydrogens is 414 g/mol. The second-order valence-corrected chi connectivity index (χ2v) is 9.01. The number of aromatic nitrogens is 2. The van der Waals surface area contributed by atoms with Gasteiger partial charge in [-0.1, -0.05) is 18.2 Å². The number of benzene rings is 3. The summed E-state index contributed by atoms with van der Waals surface area (Å²) in [6.45, 7) is 0. The first-order valence-corrected chi connectivity index (χ1v) is 11.0. The first-order valence-electron chi connectivity index (χ1n) is 9.59. The van der Waals surface area contributed by atoms with Gasteiger partial charge in [0.2, 0.25) is 0 Å². The molecule has 0 bridgehead atoms. The van der Waals surface area contributed by atoms with Gasteiger partial charge in [-0.15, -0.1) is 0 Å². The van der Waals surface area contributed by atoms with Crippen LogP contribution in [0.25, 0.3) is 22.0 Å². The van der Waals surface area contributed by atoms with E-state index in [4.69, 9.17) is 9.47 Å². The summed E-state index contributed by atoms with van der Waals surface area (Å²) in [5, 5.41) is 5.25. The Hall–Kier alpha value is -3.52. The largest absolute Gasteiger partial charge is 0.497 e. The van der Waals surface area contributed by atoms with Crippen molar-refractivity contribution in [1.29, 1.82) is 0 Å². The summed E-state index contributed by atoms with van der Waals surface area (Å²) in [4.78, 5) is 0.186. The van der Waals surface area contributed by atoms with Crippen molar-refractivity contribution >= 4 is 26.6 Å². The van der Waals surface area contributed by atoms with Gasteiger partial charge in [0.05, 0.1) is 36.5 Å². The van der Waals surface area contributed by atoms with E-state index in [9.17, 15) is 8.42 Å². The fourth-order valence-corrected chi connectivity index (χ4v) is 4.78. The summed E-state index contributed by atoms with van der Waals surface area (Å²) in [7, 11) is 2.75. The van der Waals surface area contributed by atoms with Crippen molar-refractivity contribution in [1.82, 2.24) is 9.78 Å². The zero-order valence-electron chi connectivity index (χ0n) is 17.7. The molecule has 0 aliphatic rings. The Balaban J connectivity index is 1.81. The molecule has 0 amide bonds. The highest BCUT2D eigenvalue weighted by Gasteiger charge is 2.25. The van der Waals surface area contributed by atoms with Crippen LogP contribution in [0.4, 0.5) is 5.69 Å². The van der Waals surface area contributed by atoms with Crippen LogP contribution in [0.2, 0.25) is 0 Å². The van der Waals surface area contributed by atoms with Gasteiger partial charge >= 0.3 is 0 Å². The zero-order chi connectivity index (χ0) is 22.2. The smallest absolute Gasteiger partial charge is 0.264 e.